The fourth-order valence-electron chi connectivity index (χ4n) is 4.37. The van der Waals surface area contributed by atoms with E-state index >= 15 is 0 Å². The molecule has 1 saturated heterocycles. The van der Waals surface area contributed by atoms with E-state index < -0.39 is 0 Å². The summed E-state index contributed by atoms with van der Waals surface area (Å²) in [5.41, 5.74) is 8.78. The summed E-state index contributed by atoms with van der Waals surface area (Å²) in [6, 6.07) is 17.7. The van der Waals surface area contributed by atoms with Crippen LogP contribution < -0.4 is 10.5 Å². The van der Waals surface area contributed by atoms with Crippen LogP contribution in [0.15, 0.2) is 73.6 Å². The molecular weight excluding hydrogens is 428 g/mol. The molecule has 2 aromatic heterocycles. The Hall–Kier alpha value is -3.75. The lowest BCUT2D eigenvalue weighted by atomic mass is 10.1. The van der Waals surface area contributed by atoms with Crippen molar-refractivity contribution in [3.8, 4) is 22.8 Å². The van der Waals surface area contributed by atoms with E-state index in [1.54, 1.807) is 6.08 Å². The predicted octanol–water partition coefficient (Wildman–Crippen LogP) is 4.66. The van der Waals surface area contributed by atoms with Crippen molar-refractivity contribution in [3.05, 3.63) is 73.6 Å². The van der Waals surface area contributed by atoms with E-state index in [9.17, 15) is 0 Å². The Morgan fingerprint density at radius 2 is 1.85 bits per heavy atom. The van der Waals surface area contributed by atoms with Crippen molar-refractivity contribution in [2.45, 2.75) is 18.9 Å². The number of para-hydroxylation sites is 1. The van der Waals surface area contributed by atoms with E-state index in [0.717, 1.165) is 59.7 Å². The SMILES string of the molecule is C=CCOCN1CCC[C@@H](n2nc(-c3ccc(Oc4ccccc4)cc3)c3c(N)ncnc32)C1. The number of nitrogen functional groups attached to an aromatic ring is 1. The molecular formula is C26H28N6O2. The molecule has 0 spiro atoms. The third-order valence-electron chi connectivity index (χ3n) is 5.96. The number of aromatic nitrogens is 4. The van der Waals surface area contributed by atoms with Crippen molar-refractivity contribution in [1.82, 2.24) is 24.6 Å². The van der Waals surface area contributed by atoms with Gasteiger partial charge in [0, 0.05) is 18.7 Å². The first-order chi connectivity index (χ1) is 16.7. The molecule has 8 nitrogen and oxygen atoms in total. The zero-order chi connectivity index (χ0) is 23.3. The minimum atomic E-state index is 0.173. The van der Waals surface area contributed by atoms with Crippen molar-refractivity contribution >= 4 is 16.9 Å². The van der Waals surface area contributed by atoms with Crippen molar-refractivity contribution in [2.75, 3.05) is 32.2 Å². The highest BCUT2D eigenvalue weighted by atomic mass is 16.5. The minimum absolute atomic E-state index is 0.173. The molecule has 1 aliphatic rings. The monoisotopic (exact) mass is 456 g/mol. The number of hydrogen-bond donors (Lipinski definition) is 1. The van der Waals surface area contributed by atoms with Gasteiger partial charge in [-0.1, -0.05) is 24.3 Å². The summed E-state index contributed by atoms with van der Waals surface area (Å²) in [5, 5.41) is 5.78. The Morgan fingerprint density at radius 3 is 2.65 bits per heavy atom. The van der Waals surface area contributed by atoms with Crippen molar-refractivity contribution < 1.29 is 9.47 Å². The summed E-state index contributed by atoms with van der Waals surface area (Å²) in [4.78, 5) is 11.1. The van der Waals surface area contributed by atoms with Crippen molar-refractivity contribution in [2.24, 2.45) is 0 Å². The van der Waals surface area contributed by atoms with Crippen LogP contribution in [-0.2, 0) is 4.74 Å². The van der Waals surface area contributed by atoms with Crippen LogP contribution in [0.5, 0.6) is 11.5 Å². The highest BCUT2D eigenvalue weighted by Gasteiger charge is 2.26. The average molecular weight is 457 g/mol. The van der Waals surface area contributed by atoms with Gasteiger partial charge >= 0.3 is 0 Å². The normalized spacial score (nSPS) is 16.5. The number of nitrogens with two attached hydrogens (primary N) is 1. The summed E-state index contributed by atoms with van der Waals surface area (Å²) in [5.74, 6) is 1.98. The minimum Gasteiger partial charge on any atom is -0.457 e. The summed E-state index contributed by atoms with van der Waals surface area (Å²) < 4.78 is 13.6. The molecule has 0 bridgehead atoms. The van der Waals surface area contributed by atoms with Crippen LogP contribution in [0.2, 0.25) is 0 Å². The Labute approximate surface area is 198 Å². The molecule has 2 N–H and O–H groups in total. The maximum atomic E-state index is 6.31. The number of fused-ring (bicyclic) bond motifs is 1. The van der Waals surface area contributed by atoms with Crippen LogP contribution in [0, 0.1) is 0 Å². The largest absolute Gasteiger partial charge is 0.457 e. The van der Waals surface area contributed by atoms with Gasteiger partial charge in [-0.2, -0.15) is 5.10 Å². The van der Waals surface area contributed by atoms with Gasteiger partial charge in [0.2, 0.25) is 0 Å². The van der Waals surface area contributed by atoms with Gasteiger partial charge in [0.05, 0.1) is 24.8 Å². The molecule has 174 valence electrons. The van der Waals surface area contributed by atoms with Gasteiger partial charge in [0.1, 0.15) is 29.3 Å². The third kappa shape index (κ3) is 4.64. The Balaban J connectivity index is 1.44. The first-order valence-corrected chi connectivity index (χ1v) is 11.5. The number of hydrogen-bond acceptors (Lipinski definition) is 7. The lowest BCUT2D eigenvalue weighted by Gasteiger charge is -2.32. The van der Waals surface area contributed by atoms with Gasteiger partial charge in [-0.25, -0.2) is 14.6 Å². The van der Waals surface area contributed by atoms with Gasteiger partial charge in [-0.3, -0.25) is 4.90 Å². The van der Waals surface area contributed by atoms with E-state index in [1.807, 2.05) is 59.3 Å². The number of ether oxygens (including phenoxy) is 2. The molecule has 0 saturated carbocycles. The Morgan fingerprint density at radius 1 is 1.06 bits per heavy atom. The molecule has 3 heterocycles. The number of anilines is 1. The lowest BCUT2D eigenvalue weighted by molar-refractivity contribution is 0.0196. The second kappa shape index (κ2) is 10.0. The molecule has 1 aliphatic heterocycles. The van der Waals surface area contributed by atoms with Gasteiger partial charge < -0.3 is 15.2 Å². The molecule has 1 atom stereocenters. The van der Waals surface area contributed by atoms with Crippen molar-refractivity contribution in [1.29, 1.82) is 0 Å². The Kier molecular flexibility index (Phi) is 6.51. The maximum absolute atomic E-state index is 6.31. The van der Waals surface area contributed by atoms with E-state index in [4.69, 9.17) is 20.3 Å². The highest BCUT2D eigenvalue weighted by Crippen LogP contribution is 2.34. The summed E-state index contributed by atoms with van der Waals surface area (Å²) >= 11 is 0. The van der Waals surface area contributed by atoms with E-state index in [-0.39, 0.29) is 6.04 Å². The molecule has 5 rings (SSSR count). The molecule has 4 aromatic rings. The maximum Gasteiger partial charge on any atom is 0.164 e. The summed E-state index contributed by atoms with van der Waals surface area (Å²) in [7, 11) is 0. The molecule has 2 aromatic carbocycles. The number of piperidine rings is 1. The quantitative estimate of drug-likeness (QED) is 0.304. The molecule has 34 heavy (non-hydrogen) atoms. The van der Waals surface area contributed by atoms with Crippen LogP contribution in [-0.4, -0.2) is 51.1 Å². The first-order valence-electron chi connectivity index (χ1n) is 11.5. The number of benzene rings is 2. The molecule has 1 fully saturated rings. The zero-order valence-corrected chi connectivity index (χ0v) is 19.0. The van der Waals surface area contributed by atoms with Gasteiger partial charge in [0.25, 0.3) is 0 Å². The highest BCUT2D eigenvalue weighted by molar-refractivity contribution is 5.98. The topological polar surface area (TPSA) is 91.3 Å². The summed E-state index contributed by atoms with van der Waals surface area (Å²) in [6.07, 6.45) is 5.35. The van der Waals surface area contributed by atoms with Crippen LogP contribution >= 0.6 is 0 Å². The van der Waals surface area contributed by atoms with Crippen LogP contribution in [0.25, 0.3) is 22.3 Å². The van der Waals surface area contributed by atoms with Crippen molar-refractivity contribution in [3.63, 3.8) is 0 Å². The van der Waals surface area contributed by atoms with E-state index in [0.29, 0.717) is 19.2 Å². The van der Waals surface area contributed by atoms with E-state index in [2.05, 4.69) is 21.4 Å². The second-order valence-electron chi connectivity index (χ2n) is 8.35. The molecule has 0 radical (unpaired) electrons. The van der Waals surface area contributed by atoms with Crippen LogP contribution in [0.1, 0.15) is 18.9 Å². The standard InChI is InChI=1S/C26H28N6O2/c1-2-15-33-18-31-14-6-7-20(16-31)32-26-23(25(27)28-17-29-26)24(30-32)19-10-12-22(13-11-19)34-21-8-4-3-5-9-21/h2-5,8-13,17,20H,1,6-7,14-16,18H2,(H2,27,28,29)/t20-/m1/s1. The van der Waals surface area contributed by atoms with Gasteiger partial charge in [-0.15, -0.1) is 6.58 Å². The number of nitrogens with zero attached hydrogens (tertiary/aromatic N) is 5. The van der Waals surface area contributed by atoms with Crippen LogP contribution in [0.3, 0.4) is 0 Å². The first kappa shape index (κ1) is 22.1. The zero-order valence-electron chi connectivity index (χ0n) is 19.0. The van der Waals surface area contributed by atoms with Gasteiger partial charge in [-0.05, 0) is 49.2 Å². The third-order valence-corrected chi connectivity index (χ3v) is 5.96. The second-order valence-corrected chi connectivity index (χ2v) is 8.35. The fraction of sp³-hybridized carbons (Fsp3) is 0.269. The molecule has 8 heteroatoms. The summed E-state index contributed by atoms with van der Waals surface area (Å²) in [6.45, 7) is 6.67. The average Bonchev–Trinajstić information content (AvgIpc) is 3.27. The number of likely N-dealkylation sites (tertiary alicyclic amines) is 1. The predicted molar refractivity (Wildman–Crippen MR) is 133 cm³/mol. The lowest BCUT2D eigenvalue weighted by Crippen LogP contribution is -2.38. The van der Waals surface area contributed by atoms with Crippen LogP contribution in [0.4, 0.5) is 5.82 Å². The molecule has 0 unspecified atom stereocenters. The molecule has 0 aliphatic carbocycles. The smallest absolute Gasteiger partial charge is 0.164 e. The molecule has 0 amide bonds. The Bertz CT molecular complexity index is 1260. The number of rotatable bonds is 8. The van der Waals surface area contributed by atoms with E-state index in [1.165, 1.54) is 6.33 Å². The van der Waals surface area contributed by atoms with Gasteiger partial charge in [0.15, 0.2) is 5.65 Å². The fourth-order valence-corrected chi connectivity index (χ4v) is 4.37.